The van der Waals surface area contributed by atoms with Gasteiger partial charge in [0, 0.05) is 24.2 Å². The summed E-state index contributed by atoms with van der Waals surface area (Å²) in [6.45, 7) is 0. The molecule has 0 aliphatic carbocycles. The minimum Gasteiger partial charge on any atom is -0.321 e. The van der Waals surface area contributed by atoms with Gasteiger partial charge < -0.3 is 4.90 Å². The topological polar surface area (TPSA) is 53.5 Å². The Balaban J connectivity index is 1.56. The van der Waals surface area contributed by atoms with Gasteiger partial charge >= 0.3 is 17.8 Å². The van der Waals surface area contributed by atoms with Gasteiger partial charge in [0.05, 0.1) is 17.4 Å². The molecule has 32 heavy (non-hydrogen) atoms. The van der Waals surface area contributed by atoms with Crippen molar-refractivity contribution in [2.75, 3.05) is 7.05 Å². The van der Waals surface area contributed by atoms with Crippen molar-refractivity contribution in [3.63, 3.8) is 0 Å². The first-order chi connectivity index (χ1) is 15.2. The van der Waals surface area contributed by atoms with Crippen molar-refractivity contribution in [2.24, 2.45) is 12.2 Å². The van der Waals surface area contributed by atoms with Gasteiger partial charge in [-0.15, -0.1) is 0 Å². The van der Waals surface area contributed by atoms with E-state index in [1.165, 1.54) is 7.05 Å². The molecule has 0 N–H and O–H groups in total. The van der Waals surface area contributed by atoms with Gasteiger partial charge in [0.15, 0.2) is 7.05 Å². The minimum atomic E-state index is -4.56. The molecule has 2 bridgehead atoms. The van der Waals surface area contributed by atoms with Gasteiger partial charge in [-0.05, 0) is 46.7 Å². The van der Waals surface area contributed by atoms with Crippen LogP contribution in [0.2, 0.25) is 0 Å². The predicted molar refractivity (Wildman–Crippen MR) is 114 cm³/mol. The highest BCUT2D eigenvalue weighted by molar-refractivity contribution is 9.11. The molecule has 3 aliphatic rings. The zero-order valence-corrected chi connectivity index (χ0v) is 19.2. The summed E-state index contributed by atoms with van der Waals surface area (Å²) in [6, 6.07) is 7.60. The van der Waals surface area contributed by atoms with Crippen LogP contribution in [0, 0.1) is 0 Å². The third-order valence-corrected chi connectivity index (χ3v) is 7.36. The number of benzene rings is 1. The Hall–Kier alpha value is -2.49. The Labute approximate surface area is 191 Å². The Morgan fingerprint density at radius 3 is 2.59 bits per heavy atom. The molecule has 0 spiro atoms. The van der Waals surface area contributed by atoms with Crippen molar-refractivity contribution < 1.29 is 22.7 Å². The van der Waals surface area contributed by atoms with Gasteiger partial charge in [-0.25, -0.2) is 0 Å². The minimum absolute atomic E-state index is 0.0492. The Bertz CT molecular complexity index is 1150. The van der Waals surface area contributed by atoms with Crippen molar-refractivity contribution in [3.8, 4) is 11.3 Å². The fourth-order valence-corrected chi connectivity index (χ4v) is 6.02. The molecule has 6 nitrogen and oxygen atoms in total. The van der Waals surface area contributed by atoms with Crippen LogP contribution >= 0.6 is 15.9 Å². The zero-order chi connectivity index (χ0) is 22.8. The molecule has 0 saturated carbocycles. The summed E-state index contributed by atoms with van der Waals surface area (Å²) in [5.74, 6) is -0.429. The van der Waals surface area contributed by atoms with Crippen LogP contribution in [-0.4, -0.2) is 50.6 Å². The summed E-state index contributed by atoms with van der Waals surface area (Å²) in [4.78, 5) is 15.4. The molecule has 4 heterocycles. The number of hydrogen-bond donors (Lipinski definition) is 0. The lowest BCUT2D eigenvalue weighted by Gasteiger charge is -2.44. The van der Waals surface area contributed by atoms with E-state index < -0.39 is 18.1 Å². The fraction of sp³-hybridized carbons (Fsp3) is 0.455. The second-order valence-corrected chi connectivity index (χ2v) is 9.35. The lowest BCUT2D eigenvalue weighted by Crippen LogP contribution is -2.51. The number of amides is 1. The number of nitrogens with zero attached hydrogens (tertiary/aromatic N) is 5. The van der Waals surface area contributed by atoms with E-state index in [9.17, 15) is 18.0 Å². The maximum absolute atomic E-state index is 13.6. The zero-order valence-electron chi connectivity index (χ0n) is 17.6. The molecule has 1 fully saturated rings. The van der Waals surface area contributed by atoms with Gasteiger partial charge in [0.25, 0.3) is 0 Å². The van der Waals surface area contributed by atoms with E-state index in [1.807, 2.05) is 42.1 Å². The number of alkyl halides is 3. The second-order valence-electron chi connectivity index (χ2n) is 8.50. The number of carbonyl (C=O) groups excluding carboxylic acids is 1. The molecule has 10 heteroatoms. The van der Waals surface area contributed by atoms with E-state index in [4.69, 9.17) is 5.10 Å². The highest BCUT2D eigenvalue weighted by atomic mass is 79.9. The molecule has 1 saturated heterocycles. The number of aromatic nitrogens is 2. The van der Waals surface area contributed by atoms with Crippen LogP contribution in [0.15, 0.2) is 45.6 Å². The average molecular weight is 509 g/mol. The Kier molecular flexibility index (Phi) is 5.03. The number of halogens is 4. The molecule has 2 aromatic rings. The summed E-state index contributed by atoms with van der Waals surface area (Å²) in [5.41, 5.74) is 4.02. The van der Waals surface area contributed by atoms with Crippen LogP contribution in [0.5, 0.6) is 0 Å². The van der Waals surface area contributed by atoms with Gasteiger partial charge in [-0.2, -0.15) is 18.3 Å². The van der Waals surface area contributed by atoms with Crippen molar-refractivity contribution in [1.29, 1.82) is 0 Å². The number of rotatable bonds is 2. The average Bonchev–Trinajstić information content (AvgIpc) is 3.23. The normalized spacial score (nSPS) is 25.1. The van der Waals surface area contributed by atoms with Crippen LogP contribution < -0.4 is 0 Å². The Morgan fingerprint density at radius 1 is 1.22 bits per heavy atom. The first-order valence-electron chi connectivity index (χ1n) is 10.5. The molecule has 3 aliphatic heterocycles. The van der Waals surface area contributed by atoms with E-state index in [-0.39, 0.29) is 22.3 Å². The number of likely N-dealkylation sites (N-methyl/N-ethyl adjacent to an activating group) is 1. The fourth-order valence-electron chi connectivity index (χ4n) is 5.24. The molecular formula is C22H22BrF3N5O+. The van der Waals surface area contributed by atoms with Gasteiger partial charge in [0.2, 0.25) is 6.04 Å². The van der Waals surface area contributed by atoms with Crippen LogP contribution in [0.1, 0.15) is 36.6 Å². The van der Waals surface area contributed by atoms with E-state index in [0.29, 0.717) is 6.42 Å². The molecule has 1 aromatic heterocycles. The lowest BCUT2D eigenvalue weighted by molar-refractivity contribution is -0.510. The van der Waals surface area contributed by atoms with Gasteiger partial charge in [0.1, 0.15) is 4.48 Å². The number of aryl methyl sites for hydroxylation is 1. The summed E-state index contributed by atoms with van der Waals surface area (Å²) < 4.78 is 42.8. The molecule has 1 aromatic carbocycles. The number of azo groups is 2. The first-order valence-corrected chi connectivity index (χ1v) is 11.3. The maximum Gasteiger partial charge on any atom is 0.421 e. The smallest absolute Gasteiger partial charge is 0.321 e. The van der Waals surface area contributed by atoms with Crippen LogP contribution in [-0.2, 0) is 18.3 Å². The van der Waals surface area contributed by atoms with E-state index in [1.54, 1.807) is 4.90 Å². The van der Waals surface area contributed by atoms with Crippen molar-refractivity contribution in [3.05, 3.63) is 51.8 Å². The highest BCUT2D eigenvalue weighted by Crippen LogP contribution is 2.46. The van der Waals surface area contributed by atoms with Crippen LogP contribution in [0.4, 0.5) is 13.2 Å². The summed E-state index contributed by atoms with van der Waals surface area (Å²) >= 11 is 3.03. The van der Waals surface area contributed by atoms with Crippen LogP contribution in [0.3, 0.4) is 0 Å². The number of fused-ring (bicyclic) bond motifs is 4. The molecule has 3 unspecified atom stereocenters. The second kappa shape index (κ2) is 7.54. The third-order valence-electron chi connectivity index (χ3n) is 6.55. The first kappa shape index (κ1) is 21.4. The highest BCUT2D eigenvalue weighted by Gasteiger charge is 2.55. The number of hydrogen-bond acceptors (Lipinski definition) is 3. The molecule has 5 rings (SSSR count). The quantitative estimate of drug-likeness (QED) is 0.551. The van der Waals surface area contributed by atoms with E-state index in [0.717, 1.165) is 46.5 Å². The van der Waals surface area contributed by atoms with Crippen LogP contribution in [0.25, 0.3) is 11.3 Å². The van der Waals surface area contributed by atoms with Crippen molar-refractivity contribution >= 4 is 21.8 Å². The molecular weight excluding hydrogens is 487 g/mol. The standard InChI is InChI=1S/C22H22BrF3N5O/c1-29-18(12-7-4-3-5-8-12)14-11-13-9-6-10-15(17(14)27-29)31(13)21(32)19-16(23)20(22(24,25)26)28-30(19)2/h3-5,7-8,13,15,20H,6,9-11H2,1-2H3/q+1. The molecule has 3 atom stereocenters. The third kappa shape index (κ3) is 3.22. The largest absolute Gasteiger partial charge is 0.421 e. The lowest BCUT2D eigenvalue weighted by atomic mass is 9.81. The number of piperidine rings is 1. The summed E-state index contributed by atoms with van der Waals surface area (Å²) in [7, 11) is 3.28. The van der Waals surface area contributed by atoms with Crippen molar-refractivity contribution in [1.82, 2.24) is 14.7 Å². The maximum atomic E-state index is 13.6. The van der Waals surface area contributed by atoms with Gasteiger partial charge in [-0.3, -0.25) is 9.48 Å². The SMILES string of the molecule is Cn1nc2c(c1-c1ccccc1)CC1CCCC2N1C(=O)C1=C(Br)C(C(F)(F)F)N=[N+]1C. The molecule has 0 radical (unpaired) electrons. The van der Waals surface area contributed by atoms with E-state index in [2.05, 4.69) is 21.0 Å². The summed E-state index contributed by atoms with van der Waals surface area (Å²) in [6.07, 6.45) is -1.45. The predicted octanol–water partition coefficient (Wildman–Crippen LogP) is 4.71. The number of carbonyl (C=O) groups is 1. The van der Waals surface area contributed by atoms with Crippen molar-refractivity contribution in [2.45, 2.75) is 50.0 Å². The van der Waals surface area contributed by atoms with Gasteiger partial charge in [-0.1, -0.05) is 35.0 Å². The monoisotopic (exact) mass is 508 g/mol. The summed E-state index contributed by atoms with van der Waals surface area (Å²) in [5, 5.41) is 8.43. The molecule has 1 amide bonds. The Morgan fingerprint density at radius 2 is 1.94 bits per heavy atom. The molecule has 168 valence electrons. The van der Waals surface area contributed by atoms with E-state index >= 15 is 0 Å².